The van der Waals surface area contributed by atoms with Gasteiger partial charge in [0, 0.05) is 37.1 Å². The van der Waals surface area contributed by atoms with Gasteiger partial charge in [-0.05, 0) is 45.7 Å². The van der Waals surface area contributed by atoms with Gasteiger partial charge in [0.2, 0.25) is 5.91 Å². The fourth-order valence-electron chi connectivity index (χ4n) is 2.33. The molecule has 1 aliphatic heterocycles. The third-order valence-corrected chi connectivity index (χ3v) is 3.47. The van der Waals surface area contributed by atoms with Crippen molar-refractivity contribution >= 4 is 17.7 Å². The lowest BCUT2D eigenvalue weighted by Crippen LogP contribution is -2.43. The van der Waals surface area contributed by atoms with Crippen molar-refractivity contribution in [1.29, 1.82) is 0 Å². The molecule has 22 heavy (non-hydrogen) atoms. The average molecular weight is 305 g/mol. The summed E-state index contributed by atoms with van der Waals surface area (Å²) in [4.78, 5) is 29.8. The lowest BCUT2D eigenvalue weighted by Gasteiger charge is -2.32. The van der Waals surface area contributed by atoms with Crippen LogP contribution in [0.1, 0.15) is 33.6 Å². The van der Waals surface area contributed by atoms with Crippen LogP contribution in [0.3, 0.4) is 0 Å². The first-order valence-electron chi connectivity index (χ1n) is 7.54. The molecule has 1 aliphatic rings. The first-order valence-corrected chi connectivity index (χ1v) is 7.54. The van der Waals surface area contributed by atoms with Crippen LogP contribution >= 0.6 is 0 Å². The van der Waals surface area contributed by atoms with Crippen LogP contribution < -0.4 is 5.32 Å². The normalized spacial score (nSPS) is 16.2. The molecule has 1 N–H and O–H groups in total. The number of nitrogens with zero attached hydrogens (tertiary/aromatic N) is 2. The molecule has 120 valence electrons. The van der Waals surface area contributed by atoms with Gasteiger partial charge in [0.1, 0.15) is 5.60 Å². The Labute approximate surface area is 130 Å². The Kier molecular flexibility index (Phi) is 5.00. The van der Waals surface area contributed by atoms with Gasteiger partial charge in [0.15, 0.2) is 0 Å². The Morgan fingerprint density at radius 1 is 1.23 bits per heavy atom. The highest BCUT2D eigenvalue weighted by atomic mass is 16.6. The van der Waals surface area contributed by atoms with Gasteiger partial charge in [-0.25, -0.2) is 4.79 Å². The highest BCUT2D eigenvalue weighted by Crippen LogP contribution is 2.21. The van der Waals surface area contributed by atoms with Crippen molar-refractivity contribution in [3.63, 3.8) is 0 Å². The molecule has 2 amide bonds. The molecule has 1 saturated heterocycles. The second-order valence-corrected chi connectivity index (χ2v) is 6.47. The van der Waals surface area contributed by atoms with Gasteiger partial charge in [-0.15, -0.1) is 0 Å². The smallest absolute Gasteiger partial charge is 0.410 e. The molecule has 1 aromatic rings. The largest absolute Gasteiger partial charge is 0.444 e. The van der Waals surface area contributed by atoms with E-state index in [2.05, 4.69) is 10.3 Å². The van der Waals surface area contributed by atoms with Gasteiger partial charge < -0.3 is 15.0 Å². The Bertz CT molecular complexity index is 517. The van der Waals surface area contributed by atoms with E-state index in [9.17, 15) is 9.59 Å². The van der Waals surface area contributed by atoms with Crippen molar-refractivity contribution in [1.82, 2.24) is 9.88 Å². The summed E-state index contributed by atoms with van der Waals surface area (Å²) in [6.45, 7) is 6.63. The summed E-state index contributed by atoms with van der Waals surface area (Å²) in [5, 5.41) is 2.88. The molecule has 2 rings (SSSR count). The zero-order valence-corrected chi connectivity index (χ0v) is 13.3. The minimum Gasteiger partial charge on any atom is -0.444 e. The van der Waals surface area contributed by atoms with Crippen LogP contribution in [0.15, 0.2) is 24.5 Å². The molecule has 0 unspecified atom stereocenters. The van der Waals surface area contributed by atoms with Crippen LogP contribution in [-0.2, 0) is 9.53 Å². The predicted octanol–water partition coefficient (Wildman–Crippen LogP) is 2.67. The van der Waals surface area contributed by atoms with E-state index < -0.39 is 5.60 Å². The number of anilines is 1. The molecule has 2 heterocycles. The van der Waals surface area contributed by atoms with E-state index in [1.54, 1.807) is 29.4 Å². The number of nitrogens with one attached hydrogen (secondary N) is 1. The van der Waals surface area contributed by atoms with Gasteiger partial charge in [0.25, 0.3) is 0 Å². The molecular weight excluding hydrogens is 282 g/mol. The second-order valence-electron chi connectivity index (χ2n) is 6.47. The molecule has 6 heteroatoms. The zero-order chi connectivity index (χ0) is 16.2. The van der Waals surface area contributed by atoms with Crippen molar-refractivity contribution in [3.05, 3.63) is 24.5 Å². The van der Waals surface area contributed by atoms with Crippen LogP contribution in [0.5, 0.6) is 0 Å². The Morgan fingerprint density at radius 3 is 2.36 bits per heavy atom. The number of likely N-dealkylation sites (tertiary alicyclic amines) is 1. The summed E-state index contributed by atoms with van der Waals surface area (Å²) >= 11 is 0. The fraction of sp³-hybridized carbons (Fsp3) is 0.562. The van der Waals surface area contributed by atoms with Crippen LogP contribution in [-0.4, -0.2) is 40.6 Å². The third-order valence-electron chi connectivity index (χ3n) is 3.47. The standard InChI is InChI=1S/C16H23N3O3/c1-16(2,3)22-15(21)19-10-6-12(7-11-19)14(20)18-13-4-8-17-9-5-13/h4-5,8-9,12H,6-7,10-11H2,1-3H3,(H,17,18,20). The molecular formula is C16H23N3O3. The van der Waals surface area contributed by atoms with Gasteiger partial charge >= 0.3 is 6.09 Å². The Morgan fingerprint density at radius 2 is 1.82 bits per heavy atom. The maximum Gasteiger partial charge on any atom is 0.410 e. The Balaban J connectivity index is 1.82. The van der Waals surface area contributed by atoms with Crippen LogP contribution in [0, 0.1) is 5.92 Å². The molecule has 1 fully saturated rings. The highest BCUT2D eigenvalue weighted by Gasteiger charge is 2.29. The van der Waals surface area contributed by atoms with E-state index in [0.717, 1.165) is 5.69 Å². The molecule has 0 aromatic carbocycles. The maximum absolute atomic E-state index is 12.2. The first kappa shape index (κ1) is 16.3. The topological polar surface area (TPSA) is 71.5 Å². The number of aromatic nitrogens is 1. The van der Waals surface area contributed by atoms with E-state index in [0.29, 0.717) is 25.9 Å². The summed E-state index contributed by atoms with van der Waals surface area (Å²) < 4.78 is 5.35. The summed E-state index contributed by atoms with van der Waals surface area (Å²) in [7, 11) is 0. The molecule has 6 nitrogen and oxygen atoms in total. The lowest BCUT2D eigenvalue weighted by atomic mass is 9.96. The zero-order valence-electron chi connectivity index (χ0n) is 13.3. The highest BCUT2D eigenvalue weighted by molar-refractivity contribution is 5.92. The molecule has 0 spiro atoms. The quantitative estimate of drug-likeness (QED) is 0.912. The minimum absolute atomic E-state index is 0.00459. The van der Waals surface area contributed by atoms with Crippen LogP contribution in [0.4, 0.5) is 10.5 Å². The maximum atomic E-state index is 12.2. The minimum atomic E-state index is -0.493. The predicted molar refractivity (Wildman–Crippen MR) is 83.4 cm³/mol. The van der Waals surface area contributed by atoms with Gasteiger partial charge in [-0.3, -0.25) is 9.78 Å². The second kappa shape index (κ2) is 6.77. The summed E-state index contributed by atoms with van der Waals surface area (Å²) in [6.07, 6.45) is 4.27. The van der Waals surface area contributed by atoms with Gasteiger partial charge in [-0.2, -0.15) is 0 Å². The summed E-state index contributed by atoms with van der Waals surface area (Å²) in [5.41, 5.74) is 0.252. The number of piperidine rings is 1. The number of hydrogen-bond donors (Lipinski definition) is 1. The van der Waals surface area contributed by atoms with Crippen molar-refractivity contribution in [2.45, 2.75) is 39.2 Å². The van der Waals surface area contributed by atoms with E-state index in [-0.39, 0.29) is 17.9 Å². The van der Waals surface area contributed by atoms with Crippen molar-refractivity contribution < 1.29 is 14.3 Å². The van der Waals surface area contributed by atoms with Crippen LogP contribution in [0.2, 0.25) is 0 Å². The van der Waals surface area contributed by atoms with Gasteiger partial charge in [0.05, 0.1) is 0 Å². The SMILES string of the molecule is CC(C)(C)OC(=O)N1CCC(C(=O)Nc2ccncc2)CC1. The third kappa shape index (κ3) is 4.72. The van der Waals surface area contributed by atoms with E-state index >= 15 is 0 Å². The van der Waals surface area contributed by atoms with E-state index in [4.69, 9.17) is 4.74 Å². The lowest BCUT2D eigenvalue weighted by molar-refractivity contribution is -0.121. The molecule has 0 aliphatic carbocycles. The molecule has 1 aromatic heterocycles. The number of amides is 2. The first-order chi connectivity index (χ1) is 10.3. The molecule has 0 atom stereocenters. The number of carbonyl (C=O) groups is 2. The van der Waals surface area contributed by atoms with Crippen molar-refractivity contribution in [2.24, 2.45) is 5.92 Å². The number of carbonyl (C=O) groups excluding carboxylic acids is 2. The van der Waals surface area contributed by atoms with E-state index in [1.807, 2.05) is 20.8 Å². The van der Waals surface area contributed by atoms with Gasteiger partial charge in [-0.1, -0.05) is 0 Å². The monoisotopic (exact) mass is 305 g/mol. The van der Waals surface area contributed by atoms with E-state index in [1.165, 1.54) is 0 Å². The average Bonchev–Trinajstić information content (AvgIpc) is 2.46. The Hall–Kier alpha value is -2.11. The van der Waals surface area contributed by atoms with Crippen molar-refractivity contribution in [3.8, 4) is 0 Å². The summed E-state index contributed by atoms with van der Waals surface area (Å²) in [6, 6.07) is 3.52. The number of pyridine rings is 1. The fourth-order valence-corrected chi connectivity index (χ4v) is 2.33. The molecule has 0 radical (unpaired) electrons. The molecule has 0 saturated carbocycles. The number of hydrogen-bond acceptors (Lipinski definition) is 4. The number of ether oxygens (including phenoxy) is 1. The molecule has 0 bridgehead atoms. The van der Waals surface area contributed by atoms with Crippen molar-refractivity contribution in [2.75, 3.05) is 18.4 Å². The summed E-state index contributed by atoms with van der Waals surface area (Å²) in [5.74, 6) is -0.0816. The number of rotatable bonds is 2. The van der Waals surface area contributed by atoms with Crippen LogP contribution in [0.25, 0.3) is 0 Å².